The smallest absolute Gasteiger partial charge is 0.176 e. The maximum absolute atomic E-state index is 11.8. The van der Waals surface area contributed by atoms with Gasteiger partial charge in [-0.2, -0.15) is 0 Å². The highest BCUT2D eigenvalue weighted by Gasteiger charge is 2.04. The van der Waals surface area contributed by atoms with E-state index in [0.717, 1.165) is 24.3 Å². The number of nitrogens with one attached hydrogen (secondary N) is 1. The summed E-state index contributed by atoms with van der Waals surface area (Å²) >= 11 is 0. The van der Waals surface area contributed by atoms with Gasteiger partial charge in [0.25, 0.3) is 0 Å². The first-order chi connectivity index (χ1) is 8.77. The zero-order valence-electron chi connectivity index (χ0n) is 11.4. The molecule has 0 aliphatic rings. The number of unbranched alkanes of at least 4 members (excludes halogenated alkanes) is 2. The third kappa shape index (κ3) is 5.32. The van der Waals surface area contributed by atoms with Crippen LogP contribution in [0.5, 0.6) is 5.75 Å². The van der Waals surface area contributed by atoms with Gasteiger partial charge in [0.2, 0.25) is 0 Å². The Hall–Kier alpha value is -1.35. The van der Waals surface area contributed by atoms with Gasteiger partial charge in [0.05, 0.1) is 13.2 Å². The first-order valence-corrected chi connectivity index (χ1v) is 6.74. The predicted molar refractivity (Wildman–Crippen MR) is 74.3 cm³/mol. The van der Waals surface area contributed by atoms with Crippen LogP contribution >= 0.6 is 0 Å². The molecule has 100 valence electrons. The van der Waals surface area contributed by atoms with Crippen LogP contribution in [0.1, 0.15) is 43.5 Å². The number of hydrogen-bond donors (Lipinski definition) is 1. The van der Waals surface area contributed by atoms with Gasteiger partial charge in [-0.3, -0.25) is 4.79 Å². The molecule has 0 atom stereocenters. The summed E-state index contributed by atoms with van der Waals surface area (Å²) in [5.41, 5.74) is 0.737. The highest BCUT2D eigenvalue weighted by atomic mass is 16.5. The van der Waals surface area contributed by atoms with E-state index in [4.69, 9.17) is 4.74 Å². The topological polar surface area (TPSA) is 38.3 Å². The summed E-state index contributed by atoms with van der Waals surface area (Å²) in [7, 11) is 0. The molecule has 0 amide bonds. The number of ether oxygens (including phenoxy) is 1. The lowest BCUT2D eigenvalue weighted by Crippen LogP contribution is -2.23. The summed E-state index contributed by atoms with van der Waals surface area (Å²) in [5.74, 6) is 0.944. The average molecular weight is 249 g/mol. The molecule has 1 aromatic carbocycles. The van der Waals surface area contributed by atoms with Crippen molar-refractivity contribution in [2.45, 2.75) is 33.1 Å². The van der Waals surface area contributed by atoms with E-state index in [1.54, 1.807) is 0 Å². The summed E-state index contributed by atoms with van der Waals surface area (Å²) in [6.45, 7) is 6.09. The van der Waals surface area contributed by atoms with E-state index in [2.05, 4.69) is 12.2 Å². The number of Topliss-reactive ketones (excluding diaryl/α,β-unsaturated/α-hetero) is 1. The van der Waals surface area contributed by atoms with Gasteiger partial charge in [0.15, 0.2) is 5.78 Å². The molecular weight excluding hydrogens is 226 g/mol. The molecule has 0 aliphatic heterocycles. The van der Waals surface area contributed by atoms with Gasteiger partial charge in [0, 0.05) is 5.56 Å². The predicted octanol–water partition coefficient (Wildman–Crippen LogP) is 3.05. The van der Waals surface area contributed by atoms with E-state index in [9.17, 15) is 4.79 Å². The minimum absolute atomic E-state index is 0.134. The molecule has 1 rings (SSSR count). The third-order valence-electron chi connectivity index (χ3n) is 2.73. The van der Waals surface area contributed by atoms with Crippen molar-refractivity contribution in [1.82, 2.24) is 5.32 Å². The van der Waals surface area contributed by atoms with Crippen molar-refractivity contribution in [2.75, 3.05) is 19.7 Å². The molecule has 0 bridgehead atoms. The van der Waals surface area contributed by atoms with Gasteiger partial charge in [-0.15, -0.1) is 0 Å². The number of hydrogen-bond acceptors (Lipinski definition) is 3. The zero-order valence-corrected chi connectivity index (χ0v) is 11.4. The molecule has 0 radical (unpaired) electrons. The lowest BCUT2D eigenvalue weighted by Gasteiger charge is -2.05. The fourth-order valence-electron chi connectivity index (χ4n) is 1.71. The minimum atomic E-state index is 0.134. The zero-order chi connectivity index (χ0) is 13.2. The first-order valence-electron chi connectivity index (χ1n) is 6.74. The van der Waals surface area contributed by atoms with E-state index in [-0.39, 0.29) is 5.78 Å². The Morgan fingerprint density at radius 3 is 2.50 bits per heavy atom. The Morgan fingerprint density at radius 1 is 1.17 bits per heavy atom. The molecule has 1 aromatic rings. The summed E-state index contributed by atoms with van der Waals surface area (Å²) in [5, 5.41) is 3.18. The molecule has 18 heavy (non-hydrogen) atoms. The molecule has 0 aliphatic carbocycles. The van der Waals surface area contributed by atoms with Crippen LogP contribution in [-0.4, -0.2) is 25.5 Å². The van der Waals surface area contributed by atoms with Crippen molar-refractivity contribution >= 4 is 5.78 Å². The minimum Gasteiger partial charge on any atom is -0.494 e. The van der Waals surface area contributed by atoms with Crippen LogP contribution in [0, 0.1) is 0 Å². The van der Waals surface area contributed by atoms with Gasteiger partial charge < -0.3 is 10.1 Å². The number of rotatable bonds is 9. The van der Waals surface area contributed by atoms with E-state index < -0.39 is 0 Å². The summed E-state index contributed by atoms with van der Waals surface area (Å²) in [4.78, 5) is 11.8. The van der Waals surface area contributed by atoms with Crippen LogP contribution < -0.4 is 10.1 Å². The SMILES string of the molecule is CCCCCNCC(=O)c1ccc(OCC)cc1. The Bertz CT molecular complexity index is 346. The van der Waals surface area contributed by atoms with Crippen molar-refractivity contribution in [3.63, 3.8) is 0 Å². The van der Waals surface area contributed by atoms with Crippen LogP contribution in [0.25, 0.3) is 0 Å². The lowest BCUT2D eigenvalue weighted by molar-refractivity contribution is 0.0991. The number of carbonyl (C=O) groups excluding carboxylic acids is 1. The summed E-state index contributed by atoms with van der Waals surface area (Å²) in [6.07, 6.45) is 3.55. The van der Waals surface area contributed by atoms with E-state index in [0.29, 0.717) is 13.2 Å². The maximum atomic E-state index is 11.8. The van der Waals surface area contributed by atoms with Gasteiger partial charge in [0.1, 0.15) is 5.75 Å². The molecule has 0 fully saturated rings. The van der Waals surface area contributed by atoms with Crippen molar-refractivity contribution in [3.05, 3.63) is 29.8 Å². The van der Waals surface area contributed by atoms with Gasteiger partial charge in [-0.05, 0) is 44.2 Å². The van der Waals surface area contributed by atoms with Crippen LogP contribution in [0.15, 0.2) is 24.3 Å². The van der Waals surface area contributed by atoms with Crippen molar-refractivity contribution in [3.8, 4) is 5.75 Å². The van der Waals surface area contributed by atoms with E-state index >= 15 is 0 Å². The number of ketones is 1. The molecule has 0 aromatic heterocycles. The highest BCUT2D eigenvalue weighted by Crippen LogP contribution is 2.12. The molecule has 0 saturated heterocycles. The second kappa shape index (κ2) is 8.70. The Labute approximate surface area is 110 Å². The average Bonchev–Trinajstić information content (AvgIpc) is 2.39. The molecule has 3 heteroatoms. The Morgan fingerprint density at radius 2 is 1.89 bits per heavy atom. The normalized spacial score (nSPS) is 10.3. The summed E-state index contributed by atoms with van der Waals surface area (Å²) < 4.78 is 5.34. The first kappa shape index (κ1) is 14.7. The van der Waals surface area contributed by atoms with Crippen LogP contribution in [0.4, 0.5) is 0 Å². The van der Waals surface area contributed by atoms with E-state index in [1.807, 2.05) is 31.2 Å². The molecule has 0 unspecified atom stereocenters. The monoisotopic (exact) mass is 249 g/mol. The number of benzene rings is 1. The fourth-order valence-corrected chi connectivity index (χ4v) is 1.71. The second-order valence-corrected chi connectivity index (χ2v) is 4.26. The molecule has 0 heterocycles. The van der Waals surface area contributed by atoms with Gasteiger partial charge >= 0.3 is 0 Å². The molecule has 0 saturated carbocycles. The quantitative estimate of drug-likeness (QED) is 0.540. The van der Waals surface area contributed by atoms with Crippen LogP contribution in [0.3, 0.4) is 0 Å². The van der Waals surface area contributed by atoms with Crippen LogP contribution in [-0.2, 0) is 0 Å². The van der Waals surface area contributed by atoms with Crippen molar-refractivity contribution in [1.29, 1.82) is 0 Å². The number of carbonyl (C=O) groups is 1. The van der Waals surface area contributed by atoms with Gasteiger partial charge in [-0.25, -0.2) is 0 Å². The third-order valence-corrected chi connectivity index (χ3v) is 2.73. The lowest BCUT2D eigenvalue weighted by atomic mass is 10.1. The molecule has 3 nitrogen and oxygen atoms in total. The molecule has 0 spiro atoms. The fraction of sp³-hybridized carbons (Fsp3) is 0.533. The largest absolute Gasteiger partial charge is 0.494 e. The van der Waals surface area contributed by atoms with Crippen LogP contribution in [0.2, 0.25) is 0 Å². The Kier molecular flexibility index (Phi) is 7.11. The maximum Gasteiger partial charge on any atom is 0.176 e. The molecular formula is C15H23NO2. The Balaban J connectivity index is 2.32. The highest BCUT2D eigenvalue weighted by molar-refractivity contribution is 5.97. The van der Waals surface area contributed by atoms with E-state index in [1.165, 1.54) is 12.8 Å². The summed E-state index contributed by atoms with van der Waals surface area (Å²) in [6, 6.07) is 7.32. The second-order valence-electron chi connectivity index (χ2n) is 4.26. The molecule has 1 N–H and O–H groups in total. The van der Waals surface area contributed by atoms with Crippen molar-refractivity contribution < 1.29 is 9.53 Å². The standard InChI is InChI=1S/C15H23NO2/c1-3-5-6-11-16-12-15(17)13-7-9-14(10-8-13)18-4-2/h7-10,16H,3-6,11-12H2,1-2H3. The van der Waals surface area contributed by atoms with Gasteiger partial charge in [-0.1, -0.05) is 19.8 Å². The van der Waals surface area contributed by atoms with Crippen molar-refractivity contribution in [2.24, 2.45) is 0 Å².